The van der Waals surface area contributed by atoms with Gasteiger partial charge in [0.15, 0.2) is 11.0 Å². The molecule has 0 aliphatic heterocycles. The van der Waals surface area contributed by atoms with E-state index in [0.29, 0.717) is 23.2 Å². The number of aromatic nitrogens is 3. The Morgan fingerprint density at radius 3 is 2.28 bits per heavy atom. The maximum Gasteiger partial charge on any atom is 0.248 e. The Balaban J connectivity index is 1.54. The van der Waals surface area contributed by atoms with Gasteiger partial charge in [0.25, 0.3) is 0 Å². The molecule has 32 heavy (non-hydrogen) atoms. The average Bonchev–Trinajstić information content (AvgIpc) is 3.20. The van der Waals surface area contributed by atoms with Gasteiger partial charge in [0, 0.05) is 24.7 Å². The lowest BCUT2D eigenvalue weighted by Crippen LogP contribution is -2.43. The maximum absolute atomic E-state index is 12.1. The Hall–Kier alpha value is -3.66. The van der Waals surface area contributed by atoms with Crippen molar-refractivity contribution in [3.63, 3.8) is 0 Å². The molecule has 3 rings (SSSR count). The Morgan fingerprint density at radius 1 is 0.938 bits per heavy atom. The smallest absolute Gasteiger partial charge is 0.248 e. The van der Waals surface area contributed by atoms with Crippen molar-refractivity contribution in [2.75, 3.05) is 11.1 Å². The van der Waals surface area contributed by atoms with Crippen molar-refractivity contribution in [2.45, 2.75) is 32.0 Å². The number of amides is 3. The Kier molecular flexibility index (Phi) is 7.98. The van der Waals surface area contributed by atoms with Gasteiger partial charge in [0.05, 0.1) is 12.2 Å². The molecule has 0 aliphatic rings. The minimum Gasteiger partial charge on any atom is -0.326 e. The van der Waals surface area contributed by atoms with E-state index in [1.165, 1.54) is 18.7 Å². The molecule has 0 spiro atoms. The van der Waals surface area contributed by atoms with Crippen molar-refractivity contribution < 1.29 is 14.4 Å². The predicted molar refractivity (Wildman–Crippen MR) is 123 cm³/mol. The lowest BCUT2D eigenvalue weighted by Gasteiger charge is -2.09. The number of carbonyl (C=O) groups excluding carboxylic acids is 3. The van der Waals surface area contributed by atoms with Gasteiger partial charge in [-0.3, -0.25) is 25.2 Å². The molecule has 166 valence electrons. The number of nitrogens with zero attached hydrogens (tertiary/aromatic N) is 3. The van der Waals surface area contributed by atoms with Gasteiger partial charge in [-0.15, -0.1) is 10.2 Å². The fourth-order valence-corrected chi connectivity index (χ4v) is 3.73. The molecule has 0 radical (unpaired) electrons. The summed E-state index contributed by atoms with van der Waals surface area (Å²) in [5.74, 6) is -0.0335. The Bertz CT molecular complexity index is 1080. The van der Waals surface area contributed by atoms with Gasteiger partial charge >= 0.3 is 0 Å². The molecule has 3 amide bonds. The molecule has 0 unspecified atom stereocenters. The van der Waals surface area contributed by atoms with Crippen LogP contribution in [0.3, 0.4) is 0 Å². The van der Waals surface area contributed by atoms with Crippen molar-refractivity contribution in [3.05, 3.63) is 60.2 Å². The van der Waals surface area contributed by atoms with Crippen LogP contribution in [0, 0.1) is 0 Å². The molecular formula is C22H24N6O3S. The third kappa shape index (κ3) is 6.42. The molecule has 3 N–H and O–H groups in total. The van der Waals surface area contributed by atoms with E-state index in [1.807, 2.05) is 54.0 Å². The van der Waals surface area contributed by atoms with Crippen LogP contribution >= 0.6 is 11.8 Å². The average molecular weight is 453 g/mol. The number of anilines is 1. The fourth-order valence-electron chi connectivity index (χ4n) is 2.93. The van der Waals surface area contributed by atoms with E-state index in [9.17, 15) is 14.4 Å². The lowest BCUT2D eigenvalue weighted by molar-refractivity contribution is -0.127. The first-order valence-electron chi connectivity index (χ1n) is 10.0. The highest BCUT2D eigenvalue weighted by Crippen LogP contribution is 2.25. The first kappa shape index (κ1) is 23.0. The number of hydrazine groups is 1. The van der Waals surface area contributed by atoms with Gasteiger partial charge in [0.2, 0.25) is 17.7 Å². The largest absolute Gasteiger partial charge is 0.326 e. The number of hydrogen-bond acceptors (Lipinski definition) is 6. The summed E-state index contributed by atoms with van der Waals surface area (Å²) in [5.41, 5.74) is 7.25. The zero-order valence-electron chi connectivity index (χ0n) is 17.8. The first-order chi connectivity index (χ1) is 15.5. The summed E-state index contributed by atoms with van der Waals surface area (Å²) in [5, 5.41) is 11.8. The fraction of sp³-hybridized carbons (Fsp3) is 0.227. The van der Waals surface area contributed by atoms with E-state index in [0.717, 1.165) is 11.1 Å². The van der Waals surface area contributed by atoms with Crippen LogP contribution in [-0.4, -0.2) is 38.2 Å². The quantitative estimate of drug-likeness (QED) is 0.357. The van der Waals surface area contributed by atoms with Crippen LogP contribution in [0.25, 0.3) is 11.4 Å². The molecule has 3 aromatic rings. The van der Waals surface area contributed by atoms with Gasteiger partial charge in [-0.1, -0.05) is 42.1 Å². The first-order valence-corrected chi connectivity index (χ1v) is 11.0. The van der Waals surface area contributed by atoms with Gasteiger partial charge in [-0.25, -0.2) is 0 Å². The third-order valence-electron chi connectivity index (χ3n) is 4.38. The third-order valence-corrected chi connectivity index (χ3v) is 5.34. The molecule has 0 bridgehead atoms. The van der Waals surface area contributed by atoms with Crippen LogP contribution in [0.15, 0.2) is 59.8 Å². The molecule has 1 aromatic heterocycles. The van der Waals surface area contributed by atoms with E-state index < -0.39 is 0 Å². The second-order valence-electron chi connectivity index (χ2n) is 6.86. The summed E-state index contributed by atoms with van der Waals surface area (Å²) >= 11 is 1.23. The number of hydrogen-bond donors (Lipinski definition) is 3. The number of rotatable bonds is 8. The van der Waals surface area contributed by atoms with E-state index in [4.69, 9.17) is 0 Å². The molecule has 2 aromatic carbocycles. The molecule has 0 saturated carbocycles. The summed E-state index contributed by atoms with van der Waals surface area (Å²) in [6.07, 6.45) is 0.183. The predicted octanol–water partition coefficient (Wildman–Crippen LogP) is 2.41. The minimum atomic E-state index is -0.344. The molecule has 0 fully saturated rings. The minimum absolute atomic E-state index is 0.0746. The van der Waals surface area contributed by atoms with Crippen molar-refractivity contribution in [1.29, 1.82) is 0 Å². The number of thioether (sulfide) groups is 1. The van der Waals surface area contributed by atoms with Gasteiger partial charge < -0.3 is 9.88 Å². The molecule has 0 saturated heterocycles. The maximum atomic E-state index is 12.1. The van der Waals surface area contributed by atoms with Crippen LogP contribution < -0.4 is 16.2 Å². The van der Waals surface area contributed by atoms with Crippen LogP contribution in [-0.2, 0) is 27.3 Å². The second kappa shape index (κ2) is 11.1. The van der Waals surface area contributed by atoms with Crippen molar-refractivity contribution >= 4 is 35.2 Å². The Labute approximate surface area is 190 Å². The summed E-state index contributed by atoms with van der Waals surface area (Å²) in [7, 11) is 0. The van der Waals surface area contributed by atoms with Crippen LogP contribution in [0.5, 0.6) is 0 Å². The van der Waals surface area contributed by atoms with Crippen LogP contribution in [0.4, 0.5) is 5.69 Å². The summed E-state index contributed by atoms with van der Waals surface area (Å²) in [6, 6.07) is 16.6. The zero-order valence-corrected chi connectivity index (χ0v) is 18.6. The van der Waals surface area contributed by atoms with Crippen molar-refractivity contribution in [2.24, 2.45) is 0 Å². The van der Waals surface area contributed by atoms with Gasteiger partial charge in [-0.05, 0) is 36.8 Å². The summed E-state index contributed by atoms with van der Waals surface area (Å²) < 4.78 is 1.90. The normalized spacial score (nSPS) is 10.4. The van der Waals surface area contributed by atoms with E-state index in [-0.39, 0.29) is 29.9 Å². The number of nitrogens with one attached hydrogen (secondary N) is 3. The molecule has 1 heterocycles. The van der Waals surface area contributed by atoms with Gasteiger partial charge in [0.1, 0.15) is 0 Å². The van der Waals surface area contributed by atoms with Crippen LogP contribution in [0.2, 0.25) is 0 Å². The van der Waals surface area contributed by atoms with E-state index in [2.05, 4.69) is 26.4 Å². The molecular weight excluding hydrogens is 428 g/mol. The van der Waals surface area contributed by atoms with Crippen molar-refractivity contribution in [3.8, 4) is 11.4 Å². The molecule has 10 heteroatoms. The molecule has 9 nitrogen and oxygen atoms in total. The SMILES string of the molecule is CCn1c(SCC(=O)NNC(=O)Cc2ccccc2)nnc1-c1ccc(NC(C)=O)cc1. The molecule has 0 atom stereocenters. The molecule has 0 aliphatic carbocycles. The monoisotopic (exact) mass is 452 g/mol. The highest BCUT2D eigenvalue weighted by Gasteiger charge is 2.15. The van der Waals surface area contributed by atoms with Crippen LogP contribution in [0.1, 0.15) is 19.4 Å². The lowest BCUT2D eigenvalue weighted by atomic mass is 10.1. The van der Waals surface area contributed by atoms with E-state index >= 15 is 0 Å². The topological polar surface area (TPSA) is 118 Å². The summed E-state index contributed by atoms with van der Waals surface area (Å²) in [4.78, 5) is 35.3. The number of carbonyl (C=O) groups is 3. The highest BCUT2D eigenvalue weighted by atomic mass is 32.2. The van der Waals surface area contributed by atoms with Gasteiger partial charge in [-0.2, -0.15) is 0 Å². The second-order valence-corrected chi connectivity index (χ2v) is 7.80. The summed E-state index contributed by atoms with van der Waals surface area (Å²) in [6.45, 7) is 4.04. The highest BCUT2D eigenvalue weighted by molar-refractivity contribution is 7.99. The zero-order chi connectivity index (χ0) is 22.9. The standard InChI is InChI=1S/C22H24N6O3S/c1-3-28-21(17-9-11-18(12-10-17)23-15(2)29)26-27-22(28)32-14-20(31)25-24-19(30)13-16-7-5-4-6-8-16/h4-12H,3,13-14H2,1-2H3,(H,23,29)(H,24,30)(H,25,31). The van der Waals surface area contributed by atoms with Crippen molar-refractivity contribution in [1.82, 2.24) is 25.6 Å². The Morgan fingerprint density at radius 2 is 1.62 bits per heavy atom. The van der Waals surface area contributed by atoms with E-state index in [1.54, 1.807) is 12.1 Å². The number of benzene rings is 2.